The van der Waals surface area contributed by atoms with Gasteiger partial charge in [0.25, 0.3) is 5.91 Å². The average molecular weight is 423 g/mol. The summed E-state index contributed by atoms with van der Waals surface area (Å²) < 4.78 is 7.19. The number of aryl methyl sites for hydroxylation is 1. The molecule has 0 spiro atoms. The van der Waals surface area contributed by atoms with Crippen molar-refractivity contribution in [2.75, 3.05) is 5.73 Å². The van der Waals surface area contributed by atoms with E-state index in [-0.39, 0.29) is 18.1 Å². The zero-order chi connectivity index (χ0) is 21.1. The maximum Gasteiger partial charge on any atom is 0.275 e. The minimum absolute atomic E-state index is 0.0633. The third-order valence-corrected chi connectivity index (χ3v) is 4.82. The summed E-state index contributed by atoms with van der Waals surface area (Å²) >= 11 is 5.87. The molecule has 0 unspecified atom stereocenters. The Morgan fingerprint density at radius 3 is 2.63 bits per heavy atom. The van der Waals surface area contributed by atoms with Gasteiger partial charge >= 0.3 is 0 Å². The van der Waals surface area contributed by atoms with Gasteiger partial charge in [0, 0.05) is 17.1 Å². The molecule has 0 atom stereocenters. The van der Waals surface area contributed by atoms with E-state index in [0.29, 0.717) is 28.9 Å². The second kappa shape index (κ2) is 8.38. The van der Waals surface area contributed by atoms with Crippen LogP contribution in [0.5, 0.6) is 0 Å². The standard InChI is InChI=1S/C21H19ClN6O2/c1-13-17(25-21(30-13)15-5-3-2-4-6-15)12-28-19(23)18(26-27-28)20(29)24-11-14-7-9-16(22)10-8-14/h2-10H,11-12,23H2,1H3,(H,24,29). The maximum absolute atomic E-state index is 12.5. The first-order chi connectivity index (χ1) is 14.5. The van der Waals surface area contributed by atoms with E-state index >= 15 is 0 Å². The molecule has 4 aromatic rings. The van der Waals surface area contributed by atoms with Crippen LogP contribution in [0.1, 0.15) is 27.5 Å². The Kier molecular flexibility index (Phi) is 5.49. The molecule has 152 valence electrons. The number of nitrogens with zero attached hydrogens (tertiary/aromatic N) is 4. The molecule has 3 N–H and O–H groups in total. The van der Waals surface area contributed by atoms with Crippen molar-refractivity contribution < 1.29 is 9.21 Å². The Bertz CT molecular complexity index is 1170. The van der Waals surface area contributed by atoms with Gasteiger partial charge in [0.05, 0.1) is 6.54 Å². The van der Waals surface area contributed by atoms with Gasteiger partial charge in [-0.15, -0.1) is 5.10 Å². The lowest BCUT2D eigenvalue weighted by Gasteiger charge is -2.05. The molecule has 8 nitrogen and oxygen atoms in total. The van der Waals surface area contributed by atoms with Gasteiger partial charge in [-0.25, -0.2) is 9.67 Å². The summed E-state index contributed by atoms with van der Waals surface area (Å²) in [7, 11) is 0. The lowest BCUT2D eigenvalue weighted by atomic mass is 10.2. The molecule has 2 aromatic heterocycles. The minimum Gasteiger partial charge on any atom is -0.441 e. The summed E-state index contributed by atoms with van der Waals surface area (Å²) in [5.74, 6) is 0.919. The molecular formula is C21H19ClN6O2. The van der Waals surface area contributed by atoms with Crippen LogP contribution in [0.2, 0.25) is 5.02 Å². The number of nitrogen functional groups attached to an aromatic ring is 1. The number of hydrogen-bond donors (Lipinski definition) is 2. The number of carbonyl (C=O) groups excluding carboxylic acids is 1. The van der Waals surface area contributed by atoms with Gasteiger partial charge in [-0.1, -0.05) is 47.1 Å². The molecule has 0 aliphatic rings. The van der Waals surface area contributed by atoms with Gasteiger partial charge in [0.2, 0.25) is 5.89 Å². The third-order valence-electron chi connectivity index (χ3n) is 4.57. The van der Waals surface area contributed by atoms with Crippen LogP contribution < -0.4 is 11.1 Å². The van der Waals surface area contributed by atoms with Crippen LogP contribution in [0.15, 0.2) is 59.0 Å². The second-order valence-corrected chi connectivity index (χ2v) is 7.11. The zero-order valence-electron chi connectivity index (χ0n) is 16.2. The van der Waals surface area contributed by atoms with Crippen molar-refractivity contribution in [2.24, 2.45) is 0 Å². The van der Waals surface area contributed by atoms with Crippen LogP contribution in [-0.2, 0) is 13.1 Å². The van der Waals surface area contributed by atoms with Gasteiger partial charge in [0.1, 0.15) is 11.5 Å². The largest absolute Gasteiger partial charge is 0.441 e. The molecule has 0 aliphatic carbocycles. The molecule has 2 aromatic carbocycles. The number of anilines is 1. The smallest absolute Gasteiger partial charge is 0.275 e. The highest BCUT2D eigenvalue weighted by Gasteiger charge is 2.19. The fourth-order valence-corrected chi connectivity index (χ4v) is 3.01. The van der Waals surface area contributed by atoms with Gasteiger partial charge in [-0.05, 0) is 36.8 Å². The molecule has 30 heavy (non-hydrogen) atoms. The van der Waals surface area contributed by atoms with Crippen LogP contribution in [-0.4, -0.2) is 25.9 Å². The van der Waals surface area contributed by atoms with Crippen LogP contribution in [0.3, 0.4) is 0 Å². The topological polar surface area (TPSA) is 112 Å². The number of carbonyl (C=O) groups is 1. The monoisotopic (exact) mass is 422 g/mol. The van der Waals surface area contributed by atoms with Crippen LogP contribution in [0.4, 0.5) is 5.82 Å². The number of rotatable bonds is 6. The van der Waals surface area contributed by atoms with E-state index in [2.05, 4.69) is 20.6 Å². The van der Waals surface area contributed by atoms with E-state index in [0.717, 1.165) is 11.1 Å². The van der Waals surface area contributed by atoms with Crippen LogP contribution >= 0.6 is 11.6 Å². The summed E-state index contributed by atoms with van der Waals surface area (Å²) in [5, 5.41) is 11.3. The van der Waals surface area contributed by atoms with Crippen molar-refractivity contribution >= 4 is 23.3 Å². The predicted octanol–water partition coefficient (Wildman–Crippen LogP) is 3.46. The second-order valence-electron chi connectivity index (χ2n) is 6.68. The van der Waals surface area contributed by atoms with E-state index in [1.54, 1.807) is 12.1 Å². The molecule has 0 radical (unpaired) electrons. The fraction of sp³-hybridized carbons (Fsp3) is 0.143. The molecule has 0 bridgehead atoms. The summed E-state index contributed by atoms with van der Waals surface area (Å²) in [4.78, 5) is 17.0. The van der Waals surface area contributed by atoms with Crippen molar-refractivity contribution in [2.45, 2.75) is 20.0 Å². The molecule has 0 aliphatic heterocycles. The highest BCUT2D eigenvalue weighted by Crippen LogP contribution is 2.22. The number of amides is 1. The summed E-state index contributed by atoms with van der Waals surface area (Å²) in [5.41, 5.74) is 8.62. The normalized spacial score (nSPS) is 10.9. The lowest BCUT2D eigenvalue weighted by Crippen LogP contribution is -2.24. The van der Waals surface area contributed by atoms with Crippen molar-refractivity contribution in [1.82, 2.24) is 25.3 Å². The molecule has 2 heterocycles. The Morgan fingerprint density at radius 1 is 1.17 bits per heavy atom. The molecule has 4 rings (SSSR count). The molecule has 0 saturated carbocycles. The number of oxazole rings is 1. The molecular weight excluding hydrogens is 404 g/mol. The average Bonchev–Trinajstić information content (AvgIpc) is 3.31. The minimum atomic E-state index is -0.407. The SMILES string of the molecule is Cc1oc(-c2ccccc2)nc1Cn1nnc(C(=O)NCc2ccc(Cl)cc2)c1N. The molecule has 1 amide bonds. The van der Waals surface area contributed by atoms with Gasteiger partial charge in [-0.2, -0.15) is 0 Å². The number of hydrogen-bond acceptors (Lipinski definition) is 6. The Labute approximate surface area is 177 Å². The van der Waals surface area contributed by atoms with E-state index in [1.165, 1.54) is 4.68 Å². The van der Waals surface area contributed by atoms with Crippen molar-refractivity contribution in [1.29, 1.82) is 0 Å². The Morgan fingerprint density at radius 2 is 1.90 bits per heavy atom. The van der Waals surface area contributed by atoms with Crippen molar-refractivity contribution in [3.05, 3.63) is 82.3 Å². The van der Waals surface area contributed by atoms with Gasteiger partial charge in [-0.3, -0.25) is 4.79 Å². The van der Waals surface area contributed by atoms with Gasteiger partial charge < -0.3 is 15.5 Å². The van der Waals surface area contributed by atoms with E-state index in [1.807, 2.05) is 49.4 Å². The number of nitrogens with one attached hydrogen (secondary N) is 1. The predicted molar refractivity (Wildman–Crippen MR) is 113 cm³/mol. The lowest BCUT2D eigenvalue weighted by molar-refractivity contribution is 0.0946. The first-order valence-corrected chi connectivity index (χ1v) is 9.62. The number of nitrogens with two attached hydrogens (primary N) is 1. The van der Waals surface area contributed by atoms with Crippen molar-refractivity contribution in [3.8, 4) is 11.5 Å². The van der Waals surface area contributed by atoms with E-state index in [4.69, 9.17) is 21.8 Å². The van der Waals surface area contributed by atoms with Crippen LogP contribution in [0, 0.1) is 6.92 Å². The highest BCUT2D eigenvalue weighted by molar-refractivity contribution is 6.30. The first-order valence-electron chi connectivity index (χ1n) is 9.24. The number of halogens is 1. The number of aromatic nitrogens is 4. The molecule has 0 fully saturated rings. The van der Waals surface area contributed by atoms with Crippen LogP contribution in [0.25, 0.3) is 11.5 Å². The first kappa shape index (κ1) is 19.7. The third kappa shape index (κ3) is 4.18. The molecule has 0 saturated heterocycles. The fourth-order valence-electron chi connectivity index (χ4n) is 2.89. The van der Waals surface area contributed by atoms with E-state index < -0.39 is 5.91 Å². The highest BCUT2D eigenvalue weighted by atomic mass is 35.5. The Hall–Kier alpha value is -3.65. The zero-order valence-corrected chi connectivity index (χ0v) is 16.9. The summed E-state index contributed by atoms with van der Waals surface area (Å²) in [6.45, 7) is 2.39. The van der Waals surface area contributed by atoms with Crippen molar-refractivity contribution in [3.63, 3.8) is 0 Å². The molecule has 9 heteroatoms. The maximum atomic E-state index is 12.5. The quantitative estimate of drug-likeness (QED) is 0.492. The summed E-state index contributed by atoms with van der Waals surface area (Å²) in [6.07, 6.45) is 0. The summed E-state index contributed by atoms with van der Waals surface area (Å²) in [6, 6.07) is 16.8. The van der Waals surface area contributed by atoms with E-state index in [9.17, 15) is 4.79 Å². The number of benzene rings is 2. The Balaban J connectivity index is 1.46. The van der Waals surface area contributed by atoms with Gasteiger partial charge in [0.15, 0.2) is 11.5 Å².